The lowest BCUT2D eigenvalue weighted by atomic mass is 10.0. The quantitative estimate of drug-likeness (QED) is 0.634. The summed E-state index contributed by atoms with van der Waals surface area (Å²) < 4.78 is 5.15. The van der Waals surface area contributed by atoms with Crippen molar-refractivity contribution in [2.24, 2.45) is 11.7 Å². The maximum absolute atomic E-state index is 11.1. The second kappa shape index (κ2) is 8.26. The number of benzene rings is 1. The van der Waals surface area contributed by atoms with Gasteiger partial charge < -0.3 is 20.9 Å². The molecule has 116 valence electrons. The summed E-state index contributed by atoms with van der Waals surface area (Å²) in [4.78, 5) is 21.7. The second-order valence-corrected chi connectivity index (χ2v) is 5.30. The van der Waals surface area contributed by atoms with Gasteiger partial charge in [-0.25, -0.2) is 0 Å². The highest BCUT2D eigenvalue weighted by molar-refractivity contribution is 5.75. The Hall–Kier alpha value is -2.08. The van der Waals surface area contributed by atoms with Gasteiger partial charge in [-0.2, -0.15) is 0 Å². The number of carboxylic acids is 1. The maximum Gasteiger partial charge on any atom is 0.320 e. The molecule has 1 rings (SSSR count). The van der Waals surface area contributed by atoms with Crippen LogP contribution in [-0.4, -0.2) is 29.6 Å². The van der Waals surface area contributed by atoms with Crippen LogP contribution < -0.4 is 15.8 Å². The maximum atomic E-state index is 11.1. The lowest BCUT2D eigenvalue weighted by Gasteiger charge is -2.16. The Bertz CT molecular complexity index is 471. The van der Waals surface area contributed by atoms with Crippen molar-refractivity contribution in [3.63, 3.8) is 0 Å². The smallest absolute Gasteiger partial charge is 0.320 e. The molecule has 0 aliphatic heterocycles. The van der Waals surface area contributed by atoms with Crippen molar-refractivity contribution in [3.8, 4) is 5.75 Å². The van der Waals surface area contributed by atoms with Gasteiger partial charge in [0.05, 0.1) is 0 Å². The van der Waals surface area contributed by atoms with Crippen LogP contribution in [0.3, 0.4) is 0 Å². The molecule has 1 aromatic rings. The average Bonchev–Trinajstić information content (AvgIpc) is 2.41. The molecule has 1 amide bonds. The number of hydrogen-bond donors (Lipinski definition) is 3. The molecule has 0 radical (unpaired) electrons. The van der Waals surface area contributed by atoms with Gasteiger partial charge in [0.2, 0.25) is 0 Å². The monoisotopic (exact) mass is 294 g/mol. The van der Waals surface area contributed by atoms with Gasteiger partial charge in [-0.15, -0.1) is 0 Å². The molecule has 21 heavy (non-hydrogen) atoms. The van der Waals surface area contributed by atoms with Crippen molar-refractivity contribution < 1.29 is 19.4 Å². The Morgan fingerprint density at radius 3 is 2.38 bits per heavy atom. The van der Waals surface area contributed by atoms with Crippen molar-refractivity contribution in [2.45, 2.75) is 32.9 Å². The molecular weight excluding hydrogens is 272 g/mol. The minimum Gasteiger partial charge on any atom is -0.484 e. The van der Waals surface area contributed by atoms with E-state index in [0.29, 0.717) is 24.6 Å². The van der Waals surface area contributed by atoms with Crippen molar-refractivity contribution in [3.05, 3.63) is 29.8 Å². The number of nitrogens with two attached hydrogens (primary N) is 1. The molecule has 6 nitrogen and oxygen atoms in total. The molecule has 0 aliphatic rings. The van der Waals surface area contributed by atoms with E-state index in [-0.39, 0.29) is 6.61 Å². The number of nitrogens with one attached hydrogen (secondary N) is 1. The van der Waals surface area contributed by atoms with Crippen molar-refractivity contribution in [2.75, 3.05) is 6.61 Å². The van der Waals surface area contributed by atoms with E-state index in [9.17, 15) is 9.59 Å². The summed E-state index contributed by atoms with van der Waals surface area (Å²) in [6, 6.07) is 6.52. The molecule has 0 fully saturated rings. The van der Waals surface area contributed by atoms with Crippen LogP contribution in [0, 0.1) is 5.92 Å². The third-order valence-electron chi connectivity index (χ3n) is 2.86. The van der Waals surface area contributed by atoms with Gasteiger partial charge in [-0.3, -0.25) is 9.59 Å². The Labute approximate surface area is 124 Å². The zero-order valence-electron chi connectivity index (χ0n) is 12.3. The summed E-state index contributed by atoms with van der Waals surface area (Å²) in [5.41, 5.74) is 5.93. The molecule has 0 saturated heterocycles. The van der Waals surface area contributed by atoms with Crippen LogP contribution in [0.25, 0.3) is 0 Å². The molecule has 1 aromatic carbocycles. The van der Waals surface area contributed by atoms with Crippen molar-refractivity contribution >= 4 is 11.9 Å². The van der Waals surface area contributed by atoms with Crippen LogP contribution >= 0.6 is 0 Å². The van der Waals surface area contributed by atoms with Crippen LogP contribution in [0.1, 0.15) is 25.8 Å². The van der Waals surface area contributed by atoms with Crippen LogP contribution in [0.15, 0.2) is 24.3 Å². The van der Waals surface area contributed by atoms with E-state index in [1.165, 1.54) is 0 Å². The third-order valence-corrected chi connectivity index (χ3v) is 2.86. The number of primary amides is 1. The predicted molar refractivity (Wildman–Crippen MR) is 78.8 cm³/mol. The zero-order valence-corrected chi connectivity index (χ0v) is 12.3. The number of aliphatic carboxylic acids is 1. The van der Waals surface area contributed by atoms with E-state index >= 15 is 0 Å². The van der Waals surface area contributed by atoms with Crippen molar-refractivity contribution in [1.82, 2.24) is 5.32 Å². The summed E-state index contributed by atoms with van der Waals surface area (Å²) in [5.74, 6) is -0.512. The molecule has 0 spiro atoms. The summed E-state index contributed by atoms with van der Waals surface area (Å²) >= 11 is 0. The third kappa shape index (κ3) is 6.76. The van der Waals surface area contributed by atoms with Gasteiger partial charge in [-0.1, -0.05) is 26.0 Å². The Kier molecular flexibility index (Phi) is 6.68. The van der Waals surface area contributed by atoms with Gasteiger partial charge >= 0.3 is 5.97 Å². The van der Waals surface area contributed by atoms with E-state index in [0.717, 1.165) is 5.56 Å². The first kappa shape index (κ1) is 17.0. The number of carbonyl (C=O) groups excluding carboxylic acids is 1. The van der Waals surface area contributed by atoms with E-state index in [2.05, 4.69) is 5.32 Å². The van der Waals surface area contributed by atoms with E-state index in [4.69, 9.17) is 15.6 Å². The Morgan fingerprint density at radius 1 is 1.29 bits per heavy atom. The number of carboxylic acid groups (broad SMARTS) is 1. The van der Waals surface area contributed by atoms with Gasteiger partial charge in [0, 0.05) is 6.54 Å². The standard InChI is InChI=1S/C15H22N2O4/c1-10(2)7-13(15(19)20)17-8-11-3-5-12(6-4-11)21-9-14(16)18/h3-6,10,13,17H,7-9H2,1-2H3,(H2,16,18)(H,19,20). The Morgan fingerprint density at radius 2 is 1.90 bits per heavy atom. The topological polar surface area (TPSA) is 102 Å². The first-order chi connectivity index (χ1) is 9.88. The van der Waals surface area contributed by atoms with Gasteiger partial charge in [0.25, 0.3) is 5.91 Å². The highest BCUT2D eigenvalue weighted by atomic mass is 16.5. The molecule has 6 heteroatoms. The molecule has 0 heterocycles. The van der Waals surface area contributed by atoms with Crippen LogP contribution in [0.2, 0.25) is 0 Å². The van der Waals surface area contributed by atoms with Crippen LogP contribution in [0.4, 0.5) is 0 Å². The second-order valence-electron chi connectivity index (χ2n) is 5.30. The minimum absolute atomic E-state index is 0.160. The fourth-order valence-electron chi connectivity index (χ4n) is 1.84. The van der Waals surface area contributed by atoms with Crippen LogP contribution in [-0.2, 0) is 16.1 Å². The molecule has 1 unspecified atom stereocenters. The van der Waals surface area contributed by atoms with E-state index in [1.54, 1.807) is 12.1 Å². The SMILES string of the molecule is CC(C)CC(NCc1ccc(OCC(N)=O)cc1)C(=O)O. The number of carbonyl (C=O) groups is 2. The molecule has 4 N–H and O–H groups in total. The lowest BCUT2D eigenvalue weighted by molar-refractivity contribution is -0.140. The van der Waals surface area contributed by atoms with E-state index in [1.807, 2.05) is 26.0 Å². The largest absolute Gasteiger partial charge is 0.484 e. The number of hydrogen-bond acceptors (Lipinski definition) is 4. The first-order valence-corrected chi connectivity index (χ1v) is 6.84. The fraction of sp³-hybridized carbons (Fsp3) is 0.467. The predicted octanol–water partition coefficient (Wildman–Crippen LogP) is 1.14. The number of amides is 1. The Balaban J connectivity index is 2.50. The summed E-state index contributed by atoms with van der Waals surface area (Å²) in [5, 5.41) is 12.2. The zero-order chi connectivity index (χ0) is 15.8. The van der Waals surface area contributed by atoms with Gasteiger partial charge in [0.1, 0.15) is 11.8 Å². The van der Waals surface area contributed by atoms with Gasteiger partial charge in [-0.05, 0) is 30.0 Å². The molecule has 1 atom stereocenters. The normalized spacial score (nSPS) is 12.1. The first-order valence-electron chi connectivity index (χ1n) is 6.84. The van der Waals surface area contributed by atoms with Crippen LogP contribution in [0.5, 0.6) is 5.75 Å². The minimum atomic E-state index is -0.842. The fourth-order valence-corrected chi connectivity index (χ4v) is 1.84. The average molecular weight is 294 g/mol. The lowest BCUT2D eigenvalue weighted by Crippen LogP contribution is -2.37. The number of ether oxygens (including phenoxy) is 1. The van der Waals surface area contributed by atoms with E-state index < -0.39 is 17.9 Å². The summed E-state index contributed by atoms with van der Waals surface area (Å²) in [6.45, 7) is 4.28. The molecule has 0 bridgehead atoms. The van der Waals surface area contributed by atoms with Crippen molar-refractivity contribution in [1.29, 1.82) is 0 Å². The summed E-state index contributed by atoms with van der Waals surface area (Å²) in [6.07, 6.45) is 0.579. The molecule has 0 saturated carbocycles. The van der Waals surface area contributed by atoms with Gasteiger partial charge in [0.15, 0.2) is 6.61 Å². The highest BCUT2D eigenvalue weighted by Gasteiger charge is 2.17. The molecular formula is C15H22N2O4. The summed E-state index contributed by atoms with van der Waals surface area (Å²) in [7, 11) is 0. The molecule has 0 aromatic heterocycles. The number of rotatable bonds is 9. The molecule has 0 aliphatic carbocycles. The highest BCUT2D eigenvalue weighted by Crippen LogP contribution is 2.13.